The lowest BCUT2D eigenvalue weighted by atomic mass is 10.0. The fraction of sp³-hybridized carbons (Fsp3) is 0.417. The summed E-state index contributed by atoms with van der Waals surface area (Å²) in [6, 6.07) is 14.3. The molecule has 3 rings (SSSR count). The molecule has 6 heteroatoms. The van der Waals surface area contributed by atoms with Crippen LogP contribution >= 0.6 is 0 Å². The second kappa shape index (κ2) is 9.65. The van der Waals surface area contributed by atoms with Crippen LogP contribution in [-0.2, 0) is 4.79 Å². The second-order valence-corrected chi connectivity index (χ2v) is 7.94. The zero-order valence-electron chi connectivity index (χ0n) is 17.9. The molecule has 1 N–H and O–H groups in total. The largest absolute Gasteiger partial charge is 0.507 e. The second-order valence-electron chi connectivity index (χ2n) is 7.94. The molecule has 1 atom stereocenters. The number of ether oxygens (including phenoxy) is 1. The van der Waals surface area contributed by atoms with Crippen LogP contribution < -0.4 is 4.74 Å². The number of carbonyl (C=O) groups excluding carboxylic acids is 2. The van der Waals surface area contributed by atoms with Crippen LogP contribution in [-0.4, -0.2) is 59.0 Å². The molecular weight excluding hydrogens is 380 g/mol. The Morgan fingerprint density at radius 3 is 2.27 bits per heavy atom. The van der Waals surface area contributed by atoms with Gasteiger partial charge in [-0.25, -0.2) is 0 Å². The molecule has 2 aromatic carbocycles. The van der Waals surface area contributed by atoms with Crippen molar-refractivity contribution in [2.75, 3.05) is 26.2 Å². The van der Waals surface area contributed by atoms with Gasteiger partial charge in [-0.2, -0.15) is 0 Å². The van der Waals surface area contributed by atoms with E-state index >= 15 is 0 Å². The van der Waals surface area contributed by atoms with Crippen molar-refractivity contribution in [3.8, 4) is 11.5 Å². The standard InChI is InChI=1S/C24H30N2O4/c1-17(2)19-9-5-7-12-22(19)30-18(3)23(28)25-13-8-14-26(16-15-25)24(29)20-10-4-6-11-21(20)27/h4-7,9-12,17-18,27H,8,13-16H2,1-3H3. The summed E-state index contributed by atoms with van der Waals surface area (Å²) in [5, 5.41) is 9.97. The first kappa shape index (κ1) is 21.7. The first-order valence-electron chi connectivity index (χ1n) is 10.5. The fourth-order valence-electron chi connectivity index (χ4n) is 3.73. The highest BCUT2D eigenvalue weighted by Crippen LogP contribution is 2.27. The van der Waals surface area contributed by atoms with E-state index in [2.05, 4.69) is 13.8 Å². The Morgan fingerprint density at radius 1 is 0.900 bits per heavy atom. The Morgan fingerprint density at radius 2 is 1.53 bits per heavy atom. The van der Waals surface area contributed by atoms with Gasteiger partial charge in [0.05, 0.1) is 5.56 Å². The van der Waals surface area contributed by atoms with Gasteiger partial charge in [0, 0.05) is 26.2 Å². The summed E-state index contributed by atoms with van der Waals surface area (Å²) in [7, 11) is 0. The van der Waals surface area contributed by atoms with Gasteiger partial charge in [0.1, 0.15) is 11.5 Å². The van der Waals surface area contributed by atoms with Crippen LogP contribution in [0.4, 0.5) is 0 Å². The minimum absolute atomic E-state index is 0.0227. The number of rotatable bonds is 5. The Balaban J connectivity index is 1.63. The zero-order chi connectivity index (χ0) is 21.7. The first-order valence-corrected chi connectivity index (χ1v) is 10.5. The Kier molecular flexibility index (Phi) is 6.98. The van der Waals surface area contributed by atoms with E-state index in [1.807, 2.05) is 24.3 Å². The summed E-state index contributed by atoms with van der Waals surface area (Å²) >= 11 is 0. The number of aromatic hydroxyl groups is 1. The summed E-state index contributed by atoms with van der Waals surface area (Å²) in [5.74, 6) is 0.726. The van der Waals surface area contributed by atoms with Crippen LogP contribution in [0.5, 0.6) is 11.5 Å². The molecule has 30 heavy (non-hydrogen) atoms. The molecule has 160 valence electrons. The highest BCUT2D eigenvalue weighted by molar-refractivity contribution is 5.96. The number of phenols is 1. The number of para-hydroxylation sites is 2. The van der Waals surface area contributed by atoms with Gasteiger partial charge in [-0.1, -0.05) is 44.2 Å². The number of benzene rings is 2. The van der Waals surface area contributed by atoms with E-state index in [4.69, 9.17) is 4.74 Å². The van der Waals surface area contributed by atoms with Crippen molar-refractivity contribution in [3.63, 3.8) is 0 Å². The van der Waals surface area contributed by atoms with Crippen LogP contribution in [0.25, 0.3) is 0 Å². The van der Waals surface area contributed by atoms with Crippen LogP contribution in [0.1, 0.15) is 49.0 Å². The van der Waals surface area contributed by atoms with Gasteiger partial charge in [-0.15, -0.1) is 0 Å². The molecule has 6 nitrogen and oxygen atoms in total. The Bertz CT molecular complexity index is 896. The molecule has 0 radical (unpaired) electrons. The average molecular weight is 411 g/mol. The molecule has 1 heterocycles. The molecule has 1 aliphatic rings. The summed E-state index contributed by atoms with van der Waals surface area (Å²) < 4.78 is 6.02. The number of carbonyl (C=O) groups is 2. The van der Waals surface area contributed by atoms with Crippen LogP contribution in [0, 0.1) is 0 Å². The van der Waals surface area contributed by atoms with Crippen molar-refractivity contribution in [2.24, 2.45) is 0 Å². The highest BCUT2D eigenvalue weighted by atomic mass is 16.5. The predicted octanol–water partition coefficient (Wildman–Crippen LogP) is 3.66. The molecule has 0 spiro atoms. The third-order valence-electron chi connectivity index (χ3n) is 5.42. The van der Waals surface area contributed by atoms with E-state index in [0.29, 0.717) is 44.1 Å². The van der Waals surface area contributed by atoms with Crippen LogP contribution in [0.3, 0.4) is 0 Å². The van der Waals surface area contributed by atoms with Gasteiger partial charge >= 0.3 is 0 Å². The van der Waals surface area contributed by atoms with E-state index in [-0.39, 0.29) is 17.6 Å². The van der Waals surface area contributed by atoms with Gasteiger partial charge in [-0.3, -0.25) is 9.59 Å². The summed E-state index contributed by atoms with van der Waals surface area (Å²) in [6.45, 7) is 7.95. The van der Waals surface area contributed by atoms with Crippen molar-refractivity contribution in [1.82, 2.24) is 9.80 Å². The molecule has 2 amide bonds. The third-order valence-corrected chi connectivity index (χ3v) is 5.42. The smallest absolute Gasteiger partial charge is 0.263 e. The molecule has 0 saturated carbocycles. The van der Waals surface area contributed by atoms with E-state index in [0.717, 1.165) is 11.3 Å². The van der Waals surface area contributed by atoms with Crippen molar-refractivity contribution in [1.29, 1.82) is 0 Å². The third kappa shape index (κ3) is 4.93. The maximum absolute atomic E-state index is 13.0. The Hall–Kier alpha value is -3.02. The Labute approximate surface area is 178 Å². The molecule has 1 saturated heterocycles. The average Bonchev–Trinajstić information content (AvgIpc) is 2.99. The van der Waals surface area contributed by atoms with E-state index in [9.17, 15) is 14.7 Å². The minimum Gasteiger partial charge on any atom is -0.507 e. The van der Waals surface area contributed by atoms with Crippen molar-refractivity contribution in [2.45, 2.75) is 39.2 Å². The fourth-order valence-corrected chi connectivity index (χ4v) is 3.73. The zero-order valence-corrected chi connectivity index (χ0v) is 17.9. The highest BCUT2D eigenvalue weighted by Gasteiger charge is 2.27. The molecule has 2 aromatic rings. The van der Waals surface area contributed by atoms with Gasteiger partial charge in [-0.05, 0) is 43.0 Å². The number of phenolic OH excluding ortho intramolecular Hbond substituents is 1. The van der Waals surface area contributed by atoms with Gasteiger partial charge in [0.15, 0.2) is 6.10 Å². The number of hydrogen-bond donors (Lipinski definition) is 1. The lowest BCUT2D eigenvalue weighted by molar-refractivity contribution is -0.137. The lowest BCUT2D eigenvalue weighted by Gasteiger charge is -2.26. The maximum Gasteiger partial charge on any atom is 0.263 e. The number of amides is 2. The quantitative estimate of drug-likeness (QED) is 0.817. The monoisotopic (exact) mass is 410 g/mol. The van der Waals surface area contributed by atoms with Crippen LogP contribution in [0.2, 0.25) is 0 Å². The lowest BCUT2D eigenvalue weighted by Crippen LogP contribution is -2.43. The molecule has 1 aliphatic heterocycles. The first-order chi connectivity index (χ1) is 14.4. The van der Waals surface area contributed by atoms with Crippen molar-refractivity contribution in [3.05, 3.63) is 59.7 Å². The topological polar surface area (TPSA) is 70.1 Å². The number of nitrogens with zero attached hydrogens (tertiary/aromatic N) is 2. The molecular formula is C24H30N2O4. The summed E-state index contributed by atoms with van der Waals surface area (Å²) in [5.41, 5.74) is 1.37. The van der Waals surface area contributed by atoms with Gasteiger partial charge in [0.25, 0.3) is 11.8 Å². The molecule has 0 bridgehead atoms. The van der Waals surface area contributed by atoms with Gasteiger partial charge < -0.3 is 19.6 Å². The van der Waals surface area contributed by atoms with Crippen molar-refractivity contribution < 1.29 is 19.4 Å². The normalized spacial score (nSPS) is 15.6. The van der Waals surface area contributed by atoms with Crippen molar-refractivity contribution >= 4 is 11.8 Å². The summed E-state index contributed by atoms with van der Waals surface area (Å²) in [6.07, 6.45) is 0.0747. The van der Waals surface area contributed by atoms with E-state index in [1.165, 1.54) is 6.07 Å². The number of hydrogen-bond acceptors (Lipinski definition) is 4. The maximum atomic E-state index is 13.0. The van der Waals surface area contributed by atoms with E-state index in [1.54, 1.807) is 34.9 Å². The molecule has 0 aliphatic carbocycles. The minimum atomic E-state index is -0.606. The van der Waals surface area contributed by atoms with Crippen LogP contribution in [0.15, 0.2) is 48.5 Å². The predicted molar refractivity (Wildman–Crippen MR) is 116 cm³/mol. The summed E-state index contributed by atoms with van der Waals surface area (Å²) in [4.78, 5) is 29.2. The molecule has 1 fully saturated rings. The SMILES string of the molecule is CC(Oc1ccccc1C(C)C)C(=O)N1CCCN(C(=O)c2ccccc2O)CC1. The molecule has 1 unspecified atom stereocenters. The van der Waals surface area contributed by atoms with Gasteiger partial charge in [0.2, 0.25) is 0 Å². The van der Waals surface area contributed by atoms with E-state index < -0.39 is 6.10 Å². The molecule has 0 aromatic heterocycles.